The van der Waals surface area contributed by atoms with Gasteiger partial charge in [0, 0.05) is 38.8 Å². The Labute approximate surface area is 101 Å². The van der Waals surface area contributed by atoms with E-state index >= 15 is 0 Å². The molecule has 0 spiro atoms. The molecule has 1 saturated heterocycles. The van der Waals surface area contributed by atoms with Gasteiger partial charge < -0.3 is 10.6 Å². The topological polar surface area (TPSA) is 67.4 Å². The Morgan fingerprint density at radius 3 is 2.53 bits per heavy atom. The van der Waals surface area contributed by atoms with Gasteiger partial charge in [0.05, 0.1) is 12.7 Å². The van der Waals surface area contributed by atoms with E-state index in [0.29, 0.717) is 6.54 Å². The predicted octanol–water partition coefficient (Wildman–Crippen LogP) is -0.664. The van der Waals surface area contributed by atoms with Gasteiger partial charge in [-0.25, -0.2) is 0 Å². The number of aromatic nitrogens is 2. The average molecular weight is 237 g/mol. The Kier molecular flexibility index (Phi) is 3.33. The highest BCUT2D eigenvalue weighted by atomic mass is 16.1. The minimum atomic E-state index is -0.254. The minimum absolute atomic E-state index is 0.254. The fraction of sp³-hybridized carbons (Fsp3) is 0.636. The molecule has 1 aliphatic heterocycles. The molecule has 2 N–H and O–H groups in total. The maximum absolute atomic E-state index is 10.8. The third kappa shape index (κ3) is 2.58. The number of rotatable bonds is 3. The Bertz CT molecular complexity index is 386. The van der Waals surface area contributed by atoms with Crippen LogP contribution in [-0.4, -0.2) is 53.3 Å². The normalized spacial score (nSPS) is 17.4. The first kappa shape index (κ1) is 11.9. The maximum Gasteiger partial charge on any atom is 0.231 e. The minimum Gasteiger partial charge on any atom is -0.369 e. The first-order chi connectivity index (χ1) is 8.08. The number of carbonyl (C=O) groups is 1. The fourth-order valence-electron chi connectivity index (χ4n) is 2.33. The summed E-state index contributed by atoms with van der Waals surface area (Å²) in [6.45, 7) is 5.98. The molecule has 2 rings (SSSR count). The third-order valence-electron chi connectivity index (χ3n) is 3.14. The van der Waals surface area contributed by atoms with Crippen LogP contribution in [0.25, 0.3) is 0 Å². The summed E-state index contributed by atoms with van der Waals surface area (Å²) in [5.41, 5.74) is 6.38. The number of hydrogen-bond donors (Lipinski definition) is 1. The number of aryl methyl sites for hydroxylation is 2. The van der Waals surface area contributed by atoms with Crippen molar-refractivity contribution in [3.8, 4) is 0 Å². The zero-order chi connectivity index (χ0) is 12.4. The fourth-order valence-corrected chi connectivity index (χ4v) is 2.33. The van der Waals surface area contributed by atoms with Crippen LogP contribution in [0.4, 0.5) is 5.82 Å². The smallest absolute Gasteiger partial charge is 0.231 e. The monoisotopic (exact) mass is 237 g/mol. The zero-order valence-corrected chi connectivity index (χ0v) is 10.4. The second kappa shape index (κ2) is 4.75. The molecular weight excluding hydrogens is 218 g/mol. The lowest BCUT2D eigenvalue weighted by Gasteiger charge is -2.35. The van der Waals surface area contributed by atoms with Crippen LogP contribution in [0.15, 0.2) is 6.20 Å². The van der Waals surface area contributed by atoms with Crippen molar-refractivity contribution in [1.82, 2.24) is 14.7 Å². The molecule has 1 aromatic rings. The third-order valence-corrected chi connectivity index (χ3v) is 3.14. The van der Waals surface area contributed by atoms with E-state index in [9.17, 15) is 4.79 Å². The average Bonchev–Trinajstić information content (AvgIpc) is 2.59. The lowest BCUT2D eigenvalue weighted by atomic mass is 10.2. The Balaban J connectivity index is 1.97. The van der Waals surface area contributed by atoms with Crippen LogP contribution >= 0.6 is 0 Å². The molecule has 1 aliphatic rings. The molecule has 2 heterocycles. The Hall–Kier alpha value is -1.56. The van der Waals surface area contributed by atoms with Gasteiger partial charge in [-0.15, -0.1) is 0 Å². The molecule has 1 aromatic heterocycles. The van der Waals surface area contributed by atoms with E-state index in [4.69, 9.17) is 5.73 Å². The van der Waals surface area contributed by atoms with Gasteiger partial charge in [-0.1, -0.05) is 0 Å². The van der Waals surface area contributed by atoms with Crippen molar-refractivity contribution >= 4 is 11.7 Å². The van der Waals surface area contributed by atoms with Gasteiger partial charge in [0.15, 0.2) is 0 Å². The molecular formula is C11H19N5O. The summed E-state index contributed by atoms with van der Waals surface area (Å²) in [5.74, 6) is 0.916. The number of nitrogens with two attached hydrogens (primary N) is 1. The largest absolute Gasteiger partial charge is 0.369 e. The molecule has 0 saturated carbocycles. The molecule has 6 heteroatoms. The summed E-state index contributed by atoms with van der Waals surface area (Å²) in [7, 11) is 1.96. The second-order valence-electron chi connectivity index (χ2n) is 4.50. The molecule has 6 nitrogen and oxygen atoms in total. The predicted molar refractivity (Wildman–Crippen MR) is 65.8 cm³/mol. The van der Waals surface area contributed by atoms with Gasteiger partial charge in [0.25, 0.3) is 0 Å². The van der Waals surface area contributed by atoms with Crippen LogP contribution in [0.2, 0.25) is 0 Å². The highest BCUT2D eigenvalue weighted by Crippen LogP contribution is 2.19. The van der Waals surface area contributed by atoms with E-state index in [0.717, 1.165) is 26.2 Å². The summed E-state index contributed by atoms with van der Waals surface area (Å²) in [4.78, 5) is 15.2. The molecule has 0 atom stereocenters. The molecule has 0 aromatic carbocycles. The van der Waals surface area contributed by atoms with E-state index in [-0.39, 0.29) is 5.91 Å². The van der Waals surface area contributed by atoms with E-state index in [1.807, 2.05) is 17.9 Å². The van der Waals surface area contributed by atoms with Crippen molar-refractivity contribution in [2.24, 2.45) is 12.8 Å². The highest BCUT2D eigenvalue weighted by Gasteiger charge is 2.21. The van der Waals surface area contributed by atoms with Gasteiger partial charge in [0.2, 0.25) is 5.91 Å². The number of primary amides is 1. The molecule has 17 heavy (non-hydrogen) atoms. The standard InChI is InChI=1S/C11H19N5O/c1-9-7-13-14(2)11(9)16-5-3-15(4-6-16)8-10(12)17/h7H,3-6,8H2,1-2H3,(H2,12,17). The summed E-state index contributed by atoms with van der Waals surface area (Å²) in [5, 5.41) is 4.25. The zero-order valence-electron chi connectivity index (χ0n) is 10.4. The van der Waals surface area contributed by atoms with Crippen LogP contribution in [0.1, 0.15) is 5.56 Å². The summed E-state index contributed by atoms with van der Waals surface area (Å²) < 4.78 is 1.90. The molecule has 0 aliphatic carbocycles. The van der Waals surface area contributed by atoms with E-state index in [1.54, 1.807) is 0 Å². The van der Waals surface area contributed by atoms with Crippen LogP contribution < -0.4 is 10.6 Å². The van der Waals surface area contributed by atoms with Crippen LogP contribution in [0.5, 0.6) is 0 Å². The molecule has 0 bridgehead atoms. The lowest BCUT2D eigenvalue weighted by molar-refractivity contribution is -0.119. The number of piperazine rings is 1. The summed E-state index contributed by atoms with van der Waals surface area (Å²) in [6, 6.07) is 0. The quantitative estimate of drug-likeness (QED) is 0.757. The van der Waals surface area contributed by atoms with Crippen molar-refractivity contribution in [1.29, 1.82) is 0 Å². The first-order valence-electron chi connectivity index (χ1n) is 5.82. The molecule has 94 valence electrons. The van der Waals surface area contributed by atoms with Crippen LogP contribution in [-0.2, 0) is 11.8 Å². The summed E-state index contributed by atoms with van der Waals surface area (Å²) in [6.07, 6.45) is 1.88. The van der Waals surface area contributed by atoms with E-state index < -0.39 is 0 Å². The van der Waals surface area contributed by atoms with Crippen LogP contribution in [0.3, 0.4) is 0 Å². The maximum atomic E-state index is 10.8. The molecule has 1 fully saturated rings. The van der Waals surface area contributed by atoms with Gasteiger partial charge in [0.1, 0.15) is 5.82 Å². The molecule has 1 amide bonds. The Morgan fingerprint density at radius 2 is 2.06 bits per heavy atom. The van der Waals surface area contributed by atoms with Gasteiger partial charge in [-0.2, -0.15) is 5.10 Å². The van der Waals surface area contributed by atoms with E-state index in [2.05, 4.69) is 21.8 Å². The SMILES string of the molecule is Cc1cnn(C)c1N1CCN(CC(N)=O)CC1. The van der Waals surface area contributed by atoms with Gasteiger partial charge in [-0.3, -0.25) is 14.4 Å². The molecule has 0 radical (unpaired) electrons. The van der Waals surface area contributed by atoms with Crippen molar-refractivity contribution in [3.63, 3.8) is 0 Å². The van der Waals surface area contributed by atoms with Crippen molar-refractivity contribution in [3.05, 3.63) is 11.8 Å². The first-order valence-corrected chi connectivity index (χ1v) is 5.82. The summed E-state index contributed by atoms with van der Waals surface area (Å²) >= 11 is 0. The van der Waals surface area contributed by atoms with E-state index in [1.165, 1.54) is 11.4 Å². The van der Waals surface area contributed by atoms with Gasteiger partial charge in [-0.05, 0) is 6.92 Å². The molecule has 0 unspecified atom stereocenters. The lowest BCUT2D eigenvalue weighted by Crippen LogP contribution is -2.49. The van der Waals surface area contributed by atoms with Crippen molar-refractivity contribution < 1.29 is 4.79 Å². The second-order valence-corrected chi connectivity index (χ2v) is 4.50. The number of hydrogen-bond acceptors (Lipinski definition) is 4. The number of anilines is 1. The van der Waals surface area contributed by atoms with Gasteiger partial charge >= 0.3 is 0 Å². The number of nitrogens with zero attached hydrogens (tertiary/aromatic N) is 4. The number of amides is 1. The Morgan fingerprint density at radius 1 is 1.41 bits per heavy atom. The van der Waals surface area contributed by atoms with Crippen molar-refractivity contribution in [2.45, 2.75) is 6.92 Å². The number of carbonyl (C=O) groups excluding carboxylic acids is 1. The van der Waals surface area contributed by atoms with Crippen LogP contribution in [0, 0.1) is 6.92 Å². The van der Waals surface area contributed by atoms with Crippen molar-refractivity contribution in [2.75, 3.05) is 37.6 Å². The highest BCUT2D eigenvalue weighted by molar-refractivity contribution is 5.75.